The van der Waals surface area contributed by atoms with Gasteiger partial charge in [-0.1, -0.05) is 18.2 Å². The summed E-state index contributed by atoms with van der Waals surface area (Å²) in [4.78, 5) is 41.3. The highest BCUT2D eigenvalue weighted by atomic mass is 19.4. The van der Waals surface area contributed by atoms with Crippen molar-refractivity contribution in [3.05, 3.63) is 83.2 Å². The van der Waals surface area contributed by atoms with E-state index in [1.165, 1.54) is 32.2 Å². The van der Waals surface area contributed by atoms with Crippen LogP contribution in [-0.2, 0) is 20.5 Å². The van der Waals surface area contributed by atoms with Crippen LogP contribution in [-0.4, -0.2) is 28.3 Å². The van der Waals surface area contributed by atoms with Crippen molar-refractivity contribution in [3.8, 4) is 0 Å². The molecule has 0 saturated heterocycles. The molecule has 10 heteroatoms. The number of ketones is 1. The molecule has 0 aromatic heterocycles. The predicted octanol–water partition coefficient (Wildman–Crippen LogP) is 5.99. The summed E-state index contributed by atoms with van der Waals surface area (Å²) < 4.78 is 45.5. The Kier molecular flexibility index (Phi) is 7.52. The number of nitrogen functional groups attached to an aromatic ring is 1. The number of allylic oxidation sites excluding steroid dienone is 1. The van der Waals surface area contributed by atoms with Crippen LogP contribution in [0.2, 0.25) is 0 Å². The summed E-state index contributed by atoms with van der Waals surface area (Å²) in [5.74, 6) is -1.14. The van der Waals surface area contributed by atoms with Gasteiger partial charge in [0.25, 0.3) is 0 Å². The normalized spacial score (nSPS) is 17.0. The Labute approximate surface area is 213 Å². The lowest BCUT2D eigenvalue weighted by Gasteiger charge is -2.41. The van der Waals surface area contributed by atoms with Crippen LogP contribution in [0.4, 0.5) is 29.3 Å². The number of alkyl halides is 3. The molecule has 196 valence electrons. The van der Waals surface area contributed by atoms with E-state index in [4.69, 9.17) is 10.5 Å². The number of carbonyl (C=O) groups excluding carboxylic acids is 3. The molecule has 3 rings (SSSR count). The molecule has 1 unspecified atom stereocenters. The summed E-state index contributed by atoms with van der Waals surface area (Å²) in [6.45, 7) is 7.83. The molecule has 2 amide bonds. The zero-order chi connectivity index (χ0) is 27.7. The molecule has 0 saturated carbocycles. The van der Waals surface area contributed by atoms with Crippen LogP contribution < -0.4 is 10.6 Å². The first-order valence-electron chi connectivity index (χ1n) is 11.4. The summed E-state index contributed by atoms with van der Waals surface area (Å²) in [7, 11) is 0. The van der Waals surface area contributed by atoms with Gasteiger partial charge in [0.05, 0.1) is 17.3 Å². The van der Waals surface area contributed by atoms with Crippen molar-refractivity contribution in [1.82, 2.24) is 4.90 Å². The second kappa shape index (κ2) is 10.1. The smallest absolute Gasteiger partial charge is 0.416 e. The molecule has 7 nitrogen and oxygen atoms in total. The van der Waals surface area contributed by atoms with Gasteiger partial charge in [-0.05, 0) is 70.5 Å². The first kappa shape index (κ1) is 27.5. The van der Waals surface area contributed by atoms with Crippen molar-refractivity contribution >= 4 is 29.2 Å². The van der Waals surface area contributed by atoms with E-state index in [0.29, 0.717) is 11.3 Å². The molecule has 1 aliphatic heterocycles. The Morgan fingerprint density at radius 1 is 1.05 bits per heavy atom. The molecule has 0 aliphatic carbocycles. The lowest BCUT2D eigenvalue weighted by atomic mass is 9.90. The number of hydrogen-bond acceptors (Lipinski definition) is 5. The van der Waals surface area contributed by atoms with Gasteiger partial charge in [-0.25, -0.2) is 9.59 Å². The van der Waals surface area contributed by atoms with Gasteiger partial charge in [0.15, 0.2) is 5.78 Å². The van der Waals surface area contributed by atoms with Gasteiger partial charge < -0.3 is 10.5 Å². The number of amides is 2. The van der Waals surface area contributed by atoms with E-state index in [1.54, 1.807) is 45.0 Å². The first-order valence-corrected chi connectivity index (χ1v) is 11.4. The molecule has 0 spiro atoms. The number of anilines is 2. The molecule has 37 heavy (non-hydrogen) atoms. The van der Waals surface area contributed by atoms with Crippen LogP contribution in [0.3, 0.4) is 0 Å². The van der Waals surface area contributed by atoms with Crippen LogP contribution in [0.15, 0.2) is 72.1 Å². The molecule has 1 heterocycles. The van der Waals surface area contributed by atoms with Crippen LogP contribution in [0.25, 0.3) is 0 Å². The van der Waals surface area contributed by atoms with E-state index in [0.717, 1.165) is 28.0 Å². The van der Waals surface area contributed by atoms with E-state index in [9.17, 15) is 27.6 Å². The molecule has 0 radical (unpaired) electrons. The van der Waals surface area contributed by atoms with Crippen LogP contribution in [0.5, 0.6) is 0 Å². The highest BCUT2D eigenvalue weighted by Gasteiger charge is 2.41. The number of hydrogen-bond donors (Lipinski definition) is 1. The fraction of sp³-hybridized carbons (Fsp3) is 0.296. The van der Waals surface area contributed by atoms with Gasteiger partial charge in [0.2, 0.25) is 0 Å². The van der Waals surface area contributed by atoms with Gasteiger partial charge in [-0.3, -0.25) is 14.6 Å². The lowest BCUT2D eigenvalue weighted by molar-refractivity contribution is -0.148. The van der Waals surface area contributed by atoms with Gasteiger partial charge in [-0.2, -0.15) is 13.2 Å². The third-order valence-electron chi connectivity index (χ3n) is 5.53. The van der Waals surface area contributed by atoms with E-state index in [2.05, 4.69) is 0 Å². The third kappa shape index (κ3) is 6.19. The molecule has 1 aliphatic rings. The maximum Gasteiger partial charge on any atom is 0.416 e. The maximum absolute atomic E-state index is 13.8. The zero-order valence-electron chi connectivity index (χ0n) is 21.1. The number of urea groups is 1. The van der Waals surface area contributed by atoms with Crippen LogP contribution in [0, 0.1) is 0 Å². The minimum Gasteiger partial charge on any atom is -0.457 e. The minimum atomic E-state index is -4.64. The topological polar surface area (TPSA) is 92.9 Å². The minimum absolute atomic E-state index is 0.0810. The lowest BCUT2D eigenvalue weighted by Crippen LogP contribution is -2.48. The Bertz CT molecular complexity index is 1280. The molecule has 0 bridgehead atoms. The van der Waals surface area contributed by atoms with Crippen molar-refractivity contribution in [2.45, 2.75) is 52.4 Å². The Balaban J connectivity index is 2.22. The number of rotatable bonds is 5. The fourth-order valence-corrected chi connectivity index (χ4v) is 4.03. The third-order valence-corrected chi connectivity index (χ3v) is 5.53. The van der Waals surface area contributed by atoms with Gasteiger partial charge in [-0.15, -0.1) is 0 Å². The molecule has 2 N–H and O–H groups in total. The molecular weight excluding hydrogens is 487 g/mol. The van der Waals surface area contributed by atoms with Gasteiger partial charge in [0.1, 0.15) is 5.60 Å². The quantitative estimate of drug-likeness (QED) is 0.300. The molecule has 1 atom stereocenters. The van der Waals surface area contributed by atoms with Crippen molar-refractivity contribution in [2.75, 3.05) is 10.6 Å². The monoisotopic (exact) mass is 515 g/mol. The zero-order valence-corrected chi connectivity index (χ0v) is 21.1. The second-order valence-corrected chi connectivity index (χ2v) is 9.55. The second-order valence-electron chi connectivity index (χ2n) is 9.55. The average Bonchev–Trinajstić information content (AvgIpc) is 2.77. The number of carbonyl (C=O) groups is 3. The van der Waals surface area contributed by atoms with Gasteiger partial charge >= 0.3 is 18.2 Å². The van der Waals surface area contributed by atoms with E-state index < -0.39 is 41.2 Å². The summed E-state index contributed by atoms with van der Waals surface area (Å²) in [6, 6.07) is 8.99. The van der Waals surface area contributed by atoms with Crippen LogP contribution in [0.1, 0.15) is 51.8 Å². The van der Waals surface area contributed by atoms with E-state index >= 15 is 0 Å². The fourth-order valence-electron chi connectivity index (χ4n) is 4.03. The standard InChI is InChI=1S/C27H28F3N3O4/c1-16-23(17(2)34)24(18-9-11-20(31)12-10-18)32(14-13-22(35)37-26(3,4)5)25(36)33(16)21-8-6-7-19(15-21)27(28,29)30/h6-15,24H,31H2,1-5H3/b14-13+. The number of nitrogens with two attached hydrogens (primary N) is 1. The molecular formula is C27H28F3N3O4. The van der Waals surface area contributed by atoms with E-state index in [1.807, 2.05) is 0 Å². The predicted molar refractivity (Wildman–Crippen MR) is 133 cm³/mol. The highest BCUT2D eigenvalue weighted by molar-refractivity contribution is 6.05. The van der Waals surface area contributed by atoms with Gasteiger partial charge in [0, 0.05) is 29.2 Å². The number of halogens is 3. The number of Topliss-reactive ketones (excluding diaryl/α,β-unsaturated/α-hetero) is 1. The number of benzene rings is 2. The summed E-state index contributed by atoms with van der Waals surface area (Å²) in [5.41, 5.74) is 5.28. The maximum atomic E-state index is 13.8. The number of ether oxygens (including phenoxy) is 1. The largest absolute Gasteiger partial charge is 0.457 e. The molecule has 2 aromatic carbocycles. The first-order chi connectivity index (χ1) is 17.1. The summed E-state index contributed by atoms with van der Waals surface area (Å²) in [5, 5.41) is 0. The summed E-state index contributed by atoms with van der Waals surface area (Å²) in [6.07, 6.45) is -2.43. The highest BCUT2D eigenvalue weighted by Crippen LogP contribution is 2.41. The van der Waals surface area contributed by atoms with Crippen molar-refractivity contribution < 1.29 is 32.3 Å². The van der Waals surface area contributed by atoms with Crippen molar-refractivity contribution in [2.24, 2.45) is 0 Å². The van der Waals surface area contributed by atoms with Crippen LogP contribution >= 0.6 is 0 Å². The number of esters is 1. The van der Waals surface area contributed by atoms with Crippen molar-refractivity contribution in [3.63, 3.8) is 0 Å². The van der Waals surface area contributed by atoms with Crippen molar-refractivity contribution in [1.29, 1.82) is 0 Å². The number of nitrogens with zero attached hydrogens (tertiary/aromatic N) is 2. The Hall–Kier alpha value is -4.08. The Morgan fingerprint density at radius 3 is 2.22 bits per heavy atom. The SMILES string of the molecule is CC(=O)C1=C(C)N(c2cccc(C(F)(F)F)c2)C(=O)N(/C=C/C(=O)OC(C)(C)C)C1c1ccc(N)cc1. The summed E-state index contributed by atoms with van der Waals surface area (Å²) >= 11 is 0. The molecule has 0 fully saturated rings. The van der Waals surface area contributed by atoms with E-state index in [-0.39, 0.29) is 17.0 Å². The Morgan fingerprint density at radius 2 is 1.68 bits per heavy atom. The molecule has 2 aromatic rings. The average molecular weight is 516 g/mol.